The Morgan fingerprint density at radius 2 is 2.18 bits per heavy atom. The number of hydrogen-bond acceptors (Lipinski definition) is 7. The minimum absolute atomic E-state index is 0.0878. The molecule has 0 bridgehead atoms. The van der Waals surface area contributed by atoms with Crippen LogP contribution in [0.3, 0.4) is 0 Å². The molecule has 2 aromatic heterocycles. The van der Waals surface area contributed by atoms with Gasteiger partial charge in [0.15, 0.2) is 0 Å². The Bertz CT molecular complexity index is 791. The monoisotopic (exact) mass is 322 g/mol. The van der Waals surface area contributed by atoms with Gasteiger partial charge in [0.1, 0.15) is 4.83 Å². The summed E-state index contributed by atoms with van der Waals surface area (Å²) in [6.45, 7) is 7.63. The number of carbonyl (C=O) groups is 1. The van der Waals surface area contributed by atoms with Crippen molar-refractivity contribution in [2.24, 2.45) is 5.10 Å². The SMILES string of the molecule is CCOC(=O)C/C(C)=N/Nc1nc2sc(C)c(C)c2c(=O)[nH]1. The lowest BCUT2D eigenvalue weighted by Crippen LogP contribution is -2.13. The second-order valence-electron chi connectivity index (χ2n) is 4.82. The van der Waals surface area contributed by atoms with E-state index in [9.17, 15) is 9.59 Å². The van der Waals surface area contributed by atoms with Gasteiger partial charge in [0.2, 0.25) is 5.95 Å². The number of aromatic nitrogens is 2. The van der Waals surface area contributed by atoms with Gasteiger partial charge >= 0.3 is 5.97 Å². The van der Waals surface area contributed by atoms with Crippen molar-refractivity contribution < 1.29 is 9.53 Å². The van der Waals surface area contributed by atoms with Crippen LogP contribution in [0.1, 0.15) is 30.7 Å². The van der Waals surface area contributed by atoms with E-state index >= 15 is 0 Å². The molecule has 2 aromatic rings. The molecular formula is C14H18N4O3S. The van der Waals surface area contributed by atoms with Crippen LogP contribution in [-0.2, 0) is 9.53 Å². The number of carbonyl (C=O) groups excluding carboxylic acids is 1. The third-order valence-corrected chi connectivity index (χ3v) is 4.20. The average Bonchev–Trinajstić information content (AvgIpc) is 2.72. The number of rotatable bonds is 5. The summed E-state index contributed by atoms with van der Waals surface area (Å²) in [5, 5.41) is 4.64. The van der Waals surface area contributed by atoms with Crippen LogP contribution < -0.4 is 11.0 Å². The van der Waals surface area contributed by atoms with Gasteiger partial charge in [-0.15, -0.1) is 11.3 Å². The van der Waals surface area contributed by atoms with Gasteiger partial charge in [0.05, 0.1) is 18.4 Å². The predicted octanol–water partition coefficient (Wildman–Crippen LogP) is 2.34. The van der Waals surface area contributed by atoms with E-state index in [0.29, 0.717) is 22.5 Å². The number of nitrogens with one attached hydrogen (secondary N) is 2. The summed E-state index contributed by atoms with van der Waals surface area (Å²) >= 11 is 1.46. The molecule has 0 atom stereocenters. The largest absolute Gasteiger partial charge is 0.466 e. The van der Waals surface area contributed by atoms with Crippen molar-refractivity contribution >= 4 is 39.2 Å². The summed E-state index contributed by atoms with van der Waals surface area (Å²) in [6, 6.07) is 0. The first-order valence-electron chi connectivity index (χ1n) is 6.87. The molecule has 0 aliphatic carbocycles. The lowest BCUT2D eigenvalue weighted by atomic mass is 10.2. The molecule has 0 unspecified atom stereocenters. The normalized spacial score (nSPS) is 11.7. The lowest BCUT2D eigenvalue weighted by molar-refractivity contribution is -0.141. The molecule has 2 heterocycles. The Balaban J connectivity index is 2.19. The van der Waals surface area contributed by atoms with Crippen LogP contribution in [0.5, 0.6) is 0 Å². The maximum Gasteiger partial charge on any atom is 0.311 e. The molecule has 0 radical (unpaired) electrons. The molecule has 2 N–H and O–H groups in total. The quantitative estimate of drug-likeness (QED) is 0.500. The fourth-order valence-electron chi connectivity index (χ4n) is 1.92. The highest BCUT2D eigenvalue weighted by Crippen LogP contribution is 2.26. The maximum atomic E-state index is 12.1. The van der Waals surface area contributed by atoms with Gasteiger partial charge in [-0.05, 0) is 33.3 Å². The maximum absolute atomic E-state index is 12.1. The number of fused-ring (bicyclic) bond motifs is 1. The highest BCUT2D eigenvalue weighted by molar-refractivity contribution is 7.18. The van der Waals surface area contributed by atoms with E-state index in [1.165, 1.54) is 11.3 Å². The van der Waals surface area contributed by atoms with Crippen molar-refractivity contribution in [1.29, 1.82) is 0 Å². The zero-order valence-electron chi connectivity index (χ0n) is 12.9. The van der Waals surface area contributed by atoms with E-state index in [0.717, 1.165) is 10.4 Å². The standard InChI is InChI=1S/C14H18N4O3S/c1-5-21-10(19)6-7(2)17-18-14-15-12(20)11-8(3)9(4)22-13(11)16-14/h5-6H2,1-4H3,(H2,15,16,18,20)/b17-7+. The van der Waals surface area contributed by atoms with Gasteiger partial charge in [-0.2, -0.15) is 5.10 Å². The van der Waals surface area contributed by atoms with Gasteiger partial charge in [0, 0.05) is 10.6 Å². The van der Waals surface area contributed by atoms with Crippen LogP contribution in [0.2, 0.25) is 0 Å². The number of aryl methyl sites for hydroxylation is 2. The molecule has 0 fully saturated rings. The Kier molecular flexibility index (Phi) is 4.92. The molecule has 7 nitrogen and oxygen atoms in total. The Labute approximate surface area is 131 Å². The van der Waals surface area contributed by atoms with Gasteiger partial charge in [-0.3, -0.25) is 14.6 Å². The van der Waals surface area contributed by atoms with E-state index in [1.54, 1.807) is 13.8 Å². The number of ether oxygens (including phenoxy) is 1. The first-order chi connectivity index (χ1) is 10.4. The Hall–Kier alpha value is -2.22. The highest BCUT2D eigenvalue weighted by atomic mass is 32.1. The third kappa shape index (κ3) is 3.51. The molecule has 8 heteroatoms. The van der Waals surface area contributed by atoms with Crippen molar-refractivity contribution in [3.8, 4) is 0 Å². The smallest absolute Gasteiger partial charge is 0.311 e. The number of H-pyrrole nitrogens is 1. The number of hydrogen-bond donors (Lipinski definition) is 2. The number of hydrazone groups is 1. The zero-order chi connectivity index (χ0) is 16.3. The molecule has 0 spiro atoms. The van der Waals surface area contributed by atoms with E-state index in [4.69, 9.17) is 4.74 Å². The minimum Gasteiger partial charge on any atom is -0.466 e. The molecule has 0 aliphatic rings. The predicted molar refractivity (Wildman–Crippen MR) is 87.7 cm³/mol. The van der Waals surface area contributed by atoms with Crippen LogP contribution in [0.25, 0.3) is 10.2 Å². The van der Waals surface area contributed by atoms with Crippen LogP contribution in [0, 0.1) is 13.8 Å². The molecule has 2 rings (SSSR count). The second kappa shape index (κ2) is 6.69. The molecule has 0 amide bonds. The van der Waals surface area contributed by atoms with Crippen LogP contribution in [0.4, 0.5) is 5.95 Å². The van der Waals surface area contributed by atoms with Crippen LogP contribution in [0.15, 0.2) is 9.90 Å². The van der Waals surface area contributed by atoms with Gasteiger partial charge < -0.3 is 4.74 Å². The Morgan fingerprint density at radius 3 is 2.86 bits per heavy atom. The molecule has 0 aliphatic heterocycles. The minimum atomic E-state index is -0.341. The fourth-order valence-corrected chi connectivity index (χ4v) is 2.95. The number of anilines is 1. The summed E-state index contributed by atoms with van der Waals surface area (Å²) < 4.78 is 4.84. The van der Waals surface area contributed by atoms with E-state index in [1.807, 2.05) is 13.8 Å². The van der Waals surface area contributed by atoms with Crippen molar-refractivity contribution in [3.63, 3.8) is 0 Å². The number of nitrogens with zero attached hydrogens (tertiary/aromatic N) is 2. The van der Waals surface area contributed by atoms with Gasteiger partial charge in [0.25, 0.3) is 5.56 Å². The first-order valence-corrected chi connectivity index (χ1v) is 7.68. The third-order valence-electron chi connectivity index (χ3n) is 3.10. The van der Waals surface area contributed by atoms with Gasteiger partial charge in [-0.1, -0.05) is 0 Å². The summed E-state index contributed by atoms with van der Waals surface area (Å²) in [4.78, 5) is 32.1. The molecular weight excluding hydrogens is 304 g/mol. The zero-order valence-corrected chi connectivity index (χ0v) is 13.8. The number of esters is 1. The fraction of sp³-hybridized carbons (Fsp3) is 0.429. The molecule has 118 valence electrons. The van der Waals surface area contributed by atoms with Gasteiger partial charge in [-0.25, -0.2) is 10.4 Å². The number of aromatic amines is 1. The average molecular weight is 322 g/mol. The Morgan fingerprint density at radius 1 is 1.45 bits per heavy atom. The summed E-state index contributed by atoms with van der Waals surface area (Å²) in [5.74, 6) is -0.0890. The second-order valence-corrected chi connectivity index (χ2v) is 6.02. The van der Waals surface area contributed by atoms with Crippen molar-refractivity contribution in [2.45, 2.75) is 34.1 Å². The van der Waals surface area contributed by atoms with Crippen LogP contribution in [-0.4, -0.2) is 28.3 Å². The van der Waals surface area contributed by atoms with E-state index < -0.39 is 0 Å². The molecule has 0 saturated heterocycles. The summed E-state index contributed by atoms with van der Waals surface area (Å²) in [5.41, 5.74) is 3.96. The lowest BCUT2D eigenvalue weighted by Gasteiger charge is -2.03. The molecule has 0 aromatic carbocycles. The summed E-state index contributed by atoms with van der Waals surface area (Å²) in [6.07, 6.45) is 0.0878. The topological polar surface area (TPSA) is 96.4 Å². The van der Waals surface area contributed by atoms with Crippen molar-refractivity contribution in [1.82, 2.24) is 9.97 Å². The van der Waals surface area contributed by atoms with Crippen molar-refractivity contribution in [2.75, 3.05) is 12.0 Å². The van der Waals surface area contributed by atoms with E-state index in [2.05, 4.69) is 20.5 Å². The van der Waals surface area contributed by atoms with E-state index in [-0.39, 0.29) is 23.9 Å². The first kappa shape index (κ1) is 16.2. The molecule has 22 heavy (non-hydrogen) atoms. The highest BCUT2D eigenvalue weighted by Gasteiger charge is 2.11. The summed E-state index contributed by atoms with van der Waals surface area (Å²) in [7, 11) is 0. The number of thiophene rings is 1. The molecule has 0 saturated carbocycles. The van der Waals surface area contributed by atoms with Crippen molar-refractivity contribution in [3.05, 3.63) is 20.8 Å². The van der Waals surface area contributed by atoms with Crippen LogP contribution >= 0.6 is 11.3 Å².